The molecule has 0 aliphatic heterocycles. The Labute approximate surface area is 221 Å². The molecular formula is C29H23ClN4O4. The highest BCUT2D eigenvalue weighted by molar-refractivity contribution is 6.30. The first-order valence-corrected chi connectivity index (χ1v) is 12.3. The highest BCUT2D eigenvalue weighted by atomic mass is 35.5. The van der Waals surface area contributed by atoms with E-state index in [0.717, 1.165) is 11.1 Å². The van der Waals surface area contributed by atoms with E-state index in [2.05, 4.69) is 9.97 Å². The van der Waals surface area contributed by atoms with Crippen LogP contribution in [0.15, 0.2) is 117 Å². The zero-order chi connectivity index (χ0) is 26.6. The number of nitrogens with zero attached hydrogens (tertiary/aromatic N) is 2. The predicted molar refractivity (Wildman–Crippen MR) is 146 cm³/mol. The SMILES string of the molecule is O=c1[nH]c(=O)n(Cc2ccccc2)cc1C(c1ccc(Cl)cc1)c1cn(Cc2ccccc2)c(=O)[nH]c1=O. The average molecular weight is 527 g/mol. The van der Waals surface area contributed by atoms with Crippen LogP contribution in [0.2, 0.25) is 5.02 Å². The molecule has 5 aromatic rings. The largest absolute Gasteiger partial charge is 0.328 e. The third-order valence-corrected chi connectivity index (χ3v) is 6.55. The molecule has 0 spiro atoms. The van der Waals surface area contributed by atoms with Gasteiger partial charge in [-0.05, 0) is 28.8 Å². The molecule has 3 aromatic carbocycles. The molecule has 0 bridgehead atoms. The summed E-state index contributed by atoms with van der Waals surface area (Å²) in [6.45, 7) is 0.446. The fraction of sp³-hybridized carbons (Fsp3) is 0.103. The number of hydrogen-bond acceptors (Lipinski definition) is 4. The molecule has 2 heterocycles. The molecule has 2 N–H and O–H groups in total. The lowest BCUT2D eigenvalue weighted by Gasteiger charge is -2.19. The van der Waals surface area contributed by atoms with E-state index in [1.54, 1.807) is 24.3 Å². The van der Waals surface area contributed by atoms with Crippen LogP contribution < -0.4 is 22.5 Å². The van der Waals surface area contributed by atoms with Crippen molar-refractivity contribution in [2.75, 3.05) is 0 Å². The predicted octanol–water partition coefficient (Wildman–Crippen LogP) is 3.32. The molecule has 8 nitrogen and oxygen atoms in total. The molecule has 0 aliphatic rings. The maximum atomic E-state index is 13.2. The van der Waals surface area contributed by atoms with Crippen molar-refractivity contribution in [3.05, 3.63) is 172 Å². The maximum Gasteiger partial charge on any atom is 0.328 e. The van der Waals surface area contributed by atoms with Gasteiger partial charge in [-0.1, -0.05) is 84.4 Å². The molecule has 38 heavy (non-hydrogen) atoms. The molecule has 190 valence electrons. The molecular weight excluding hydrogens is 504 g/mol. The zero-order valence-electron chi connectivity index (χ0n) is 20.1. The van der Waals surface area contributed by atoms with Crippen LogP contribution >= 0.6 is 11.6 Å². The lowest BCUT2D eigenvalue weighted by atomic mass is 9.87. The molecule has 0 saturated heterocycles. The molecule has 0 fully saturated rings. The Morgan fingerprint density at radius 3 is 1.45 bits per heavy atom. The van der Waals surface area contributed by atoms with Gasteiger partial charge in [0.2, 0.25) is 0 Å². The number of halogens is 1. The topological polar surface area (TPSA) is 110 Å². The number of aromatic amines is 2. The molecule has 0 amide bonds. The molecule has 0 atom stereocenters. The molecule has 2 aromatic heterocycles. The standard InChI is InChI=1S/C29H23ClN4O4/c30-22-13-11-21(12-14-22)25(23-17-33(28(37)31-26(23)35)15-19-7-3-1-4-8-19)24-18-34(29(38)32-27(24)36)16-20-9-5-2-6-10-20/h1-14,17-18,25H,15-16H2,(H,31,35,37)(H,32,36,38). The van der Waals surface area contributed by atoms with Gasteiger partial charge in [-0.25, -0.2) is 9.59 Å². The van der Waals surface area contributed by atoms with Crippen molar-refractivity contribution in [2.45, 2.75) is 19.0 Å². The molecule has 0 aliphatic carbocycles. The molecule has 0 saturated carbocycles. The Kier molecular flexibility index (Phi) is 7.06. The number of H-pyrrole nitrogens is 2. The van der Waals surface area contributed by atoms with Crippen molar-refractivity contribution in [1.29, 1.82) is 0 Å². The molecule has 5 rings (SSSR count). The fourth-order valence-electron chi connectivity index (χ4n) is 4.44. The first-order chi connectivity index (χ1) is 18.4. The molecule has 9 heteroatoms. The van der Waals surface area contributed by atoms with Gasteiger partial charge in [0.1, 0.15) is 0 Å². The van der Waals surface area contributed by atoms with E-state index in [-0.39, 0.29) is 24.2 Å². The van der Waals surface area contributed by atoms with Gasteiger partial charge >= 0.3 is 11.4 Å². The van der Waals surface area contributed by atoms with Crippen LogP contribution in [0.3, 0.4) is 0 Å². The zero-order valence-corrected chi connectivity index (χ0v) is 20.9. The lowest BCUT2D eigenvalue weighted by Crippen LogP contribution is -2.37. The van der Waals surface area contributed by atoms with Crippen LogP contribution in [0.4, 0.5) is 0 Å². The third-order valence-electron chi connectivity index (χ3n) is 6.29. The summed E-state index contributed by atoms with van der Waals surface area (Å²) in [4.78, 5) is 56.5. The van der Waals surface area contributed by atoms with Crippen LogP contribution in [0.25, 0.3) is 0 Å². The summed E-state index contributed by atoms with van der Waals surface area (Å²) in [5, 5.41) is 0.485. The molecule has 0 unspecified atom stereocenters. The van der Waals surface area contributed by atoms with Crippen molar-refractivity contribution in [3.8, 4) is 0 Å². The maximum absolute atomic E-state index is 13.2. The molecule has 0 radical (unpaired) electrons. The lowest BCUT2D eigenvalue weighted by molar-refractivity contribution is 0.683. The van der Waals surface area contributed by atoms with Crippen LogP contribution in [0.5, 0.6) is 0 Å². The second kappa shape index (κ2) is 10.7. The minimum atomic E-state index is -0.884. The normalized spacial score (nSPS) is 11.1. The van der Waals surface area contributed by atoms with Crippen LogP contribution in [-0.2, 0) is 13.1 Å². The number of rotatable bonds is 7. The van der Waals surface area contributed by atoms with Crippen molar-refractivity contribution >= 4 is 11.6 Å². The number of nitrogens with one attached hydrogen (secondary N) is 2. The highest BCUT2D eigenvalue weighted by Gasteiger charge is 2.25. The van der Waals surface area contributed by atoms with Gasteiger partial charge < -0.3 is 0 Å². The van der Waals surface area contributed by atoms with E-state index in [4.69, 9.17) is 11.6 Å². The van der Waals surface area contributed by atoms with Gasteiger partial charge in [-0.2, -0.15) is 0 Å². The van der Waals surface area contributed by atoms with Gasteiger partial charge in [0.25, 0.3) is 11.1 Å². The van der Waals surface area contributed by atoms with E-state index in [9.17, 15) is 19.2 Å². The van der Waals surface area contributed by atoms with Crippen molar-refractivity contribution in [2.24, 2.45) is 0 Å². The summed E-state index contributed by atoms with van der Waals surface area (Å²) < 4.78 is 2.78. The number of benzene rings is 3. The monoisotopic (exact) mass is 526 g/mol. The number of aromatic nitrogens is 4. The van der Waals surface area contributed by atoms with Gasteiger partial charge in [0.05, 0.1) is 13.1 Å². The highest BCUT2D eigenvalue weighted by Crippen LogP contribution is 2.28. The Hall–Kier alpha value is -4.69. The quantitative estimate of drug-likeness (QED) is 0.339. The smallest absolute Gasteiger partial charge is 0.296 e. The van der Waals surface area contributed by atoms with E-state index >= 15 is 0 Å². The summed E-state index contributed by atoms with van der Waals surface area (Å²) in [6, 6.07) is 25.4. The summed E-state index contributed by atoms with van der Waals surface area (Å²) in [7, 11) is 0. The van der Waals surface area contributed by atoms with E-state index in [1.807, 2.05) is 60.7 Å². The average Bonchev–Trinajstić information content (AvgIpc) is 2.91. The Morgan fingerprint density at radius 1 is 0.605 bits per heavy atom. The van der Waals surface area contributed by atoms with Crippen LogP contribution in [-0.4, -0.2) is 19.1 Å². The first-order valence-electron chi connectivity index (χ1n) is 11.9. The first kappa shape index (κ1) is 25.0. The van der Waals surface area contributed by atoms with Crippen LogP contribution in [0.1, 0.15) is 33.7 Å². The Morgan fingerprint density at radius 2 is 1.03 bits per heavy atom. The summed E-state index contributed by atoms with van der Waals surface area (Å²) >= 11 is 6.12. The summed E-state index contributed by atoms with van der Waals surface area (Å²) in [6.07, 6.45) is 2.94. The Balaban J connectivity index is 1.69. The van der Waals surface area contributed by atoms with Crippen LogP contribution in [0, 0.1) is 0 Å². The Bertz CT molecular complexity index is 1690. The third kappa shape index (κ3) is 5.35. The van der Waals surface area contributed by atoms with E-state index < -0.39 is 28.4 Å². The minimum Gasteiger partial charge on any atom is -0.296 e. The van der Waals surface area contributed by atoms with E-state index in [1.165, 1.54) is 21.5 Å². The fourth-order valence-corrected chi connectivity index (χ4v) is 4.57. The summed E-state index contributed by atoms with van der Waals surface area (Å²) in [5.41, 5.74) is 0.298. The summed E-state index contributed by atoms with van der Waals surface area (Å²) in [5.74, 6) is -0.884. The minimum absolute atomic E-state index is 0.179. The second-order valence-electron chi connectivity index (χ2n) is 8.90. The van der Waals surface area contributed by atoms with Crippen molar-refractivity contribution in [3.63, 3.8) is 0 Å². The van der Waals surface area contributed by atoms with Crippen molar-refractivity contribution < 1.29 is 0 Å². The van der Waals surface area contributed by atoms with E-state index in [0.29, 0.717) is 10.6 Å². The second-order valence-corrected chi connectivity index (χ2v) is 9.34. The van der Waals surface area contributed by atoms with Gasteiger partial charge in [0.15, 0.2) is 0 Å². The van der Waals surface area contributed by atoms with Gasteiger partial charge in [-0.15, -0.1) is 0 Å². The number of hydrogen-bond donors (Lipinski definition) is 2. The van der Waals surface area contributed by atoms with Crippen molar-refractivity contribution in [1.82, 2.24) is 19.1 Å². The van der Waals surface area contributed by atoms with Gasteiger partial charge in [0, 0.05) is 34.5 Å². The van der Waals surface area contributed by atoms with Gasteiger partial charge in [-0.3, -0.25) is 28.7 Å².